The lowest BCUT2D eigenvalue weighted by Crippen LogP contribution is -2.73. The number of carboxylic acid groups (broad SMARTS) is 1. The van der Waals surface area contributed by atoms with Crippen LogP contribution in [0, 0.1) is 0 Å². The molecule has 4 N–H and O–H groups in total. The van der Waals surface area contributed by atoms with E-state index in [2.05, 4.69) is 15.5 Å². The topological polar surface area (TPSA) is 160 Å². The van der Waals surface area contributed by atoms with Crippen LogP contribution in [0.4, 0.5) is 5.13 Å². The lowest BCUT2D eigenvalue weighted by Gasteiger charge is -2.49. The Morgan fingerprint density at radius 3 is 2.86 bits per heavy atom. The first-order chi connectivity index (χ1) is 17.3. The zero-order valence-corrected chi connectivity index (χ0v) is 21.9. The molecule has 0 aromatic carbocycles. The number of aliphatic carboxylic acids is 1. The van der Waals surface area contributed by atoms with Crippen LogP contribution >= 0.6 is 34.9 Å². The fraction of sp³-hybridized carbons (Fsp3) is 0.333. The van der Waals surface area contributed by atoms with Crippen molar-refractivity contribution in [2.45, 2.75) is 17.1 Å². The third-order valence-corrected chi connectivity index (χ3v) is 8.70. The summed E-state index contributed by atoms with van der Waals surface area (Å²) >= 11 is 3.90. The SMILES string of the molecule is CON=C(C(=O)N[C@@H]1C(=O)N2C(C(=O)O)=C(CSc3c(OC)ccc[n+]3C)SC[C@@H]12)c1csc(N)n1. The average Bonchev–Trinajstić information content (AvgIpc) is 3.29. The zero-order valence-electron chi connectivity index (χ0n) is 19.5. The molecule has 15 heteroatoms. The van der Waals surface area contributed by atoms with E-state index in [4.69, 9.17) is 15.3 Å². The third-order valence-electron chi connectivity index (χ3n) is 5.45. The minimum Gasteiger partial charge on any atom is -0.490 e. The number of nitrogens with zero attached hydrogens (tertiary/aromatic N) is 4. The van der Waals surface area contributed by atoms with Gasteiger partial charge >= 0.3 is 5.97 Å². The standard InChI is InChI=1S/C21H22N6O6S3/c1-26-6-4-5-12(32-2)19(26)35-9-13-16(20(30)31)27-11(8-34-13)15(18(27)29)24-17(28)14(25-33-3)10-7-36-21(22)23-10/h4-7,11,15H,8-9H2,1-3H3,(H3-,22,23,24,28,30,31)/p+1/t11-,15-/m0/s1. The van der Waals surface area contributed by atoms with Crippen LogP contribution in [-0.2, 0) is 26.3 Å². The molecular weight excluding hydrogens is 528 g/mol. The maximum Gasteiger partial charge on any atom is 0.353 e. The molecule has 2 amide bonds. The van der Waals surface area contributed by atoms with Crippen LogP contribution in [0.1, 0.15) is 5.69 Å². The van der Waals surface area contributed by atoms with Gasteiger partial charge in [-0.3, -0.25) is 14.5 Å². The number of aromatic nitrogens is 2. The number of anilines is 1. The van der Waals surface area contributed by atoms with E-state index in [1.807, 2.05) is 29.9 Å². The van der Waals surface area contributed by atoms with Gasteiger partial charge in [0.05, 0.1) is 13.2 Å². The zero-order chi connectivity index (χ0) is 26.0. The van der Waals surface area contributed by atoms with E-state index in [0.29, 0.717) is 22.2 Å². The number of β-lactam (4-membered cyclic amide) rings is 1. The summed E-state index contributed by atoms with van der Waals surface area (Å²) in [5.74, 6) is -0.961. The molecule has 0 saturated carbocycles. The minimum atomic E-state index is -1.20. The Kier molecular flexibility index (Phi) is 7.70. The number of thioether (sulfide) groups is 2. The summed E-state index contributed by atoms with van der Waals surface area (Å²) in [5.41, 5.74) is 5.66. The number of nitrogens with two attached hydrogens (primary N) is 1. The lowest BCUT2D eigenvalue weighted by atomic mass is 9.94. The quantitative estimate of drug-likeness (QED) is 0.131. The summed E-state index contributed by atoms with van der Waals surface area (Å²) in [6, 6.07) is 2.26. The van der Waals surface area contributed by atoms with Crippen molar-refractivity contribution in [2.75, 3.05) is 31.5 Å². The van der Waals surface area contributed by atoms with Crippen LogP contribution in [0.2, 0.25) is 0 Å². The smallest absolute Gasteiger partial charge is 0.353 e. The van der Waals surface area contributed by atoms with Gasteiger partial charge in [0.15, 0.2) is 22.8 Å². The number of carbonyl (C=O) groups is 3. The number of hydrogen-bond donors (Lipinski definition) is 3. The van der Waals surface area contributed by atoms with Crippen LogP contribution < -0.4 is 20.4 Å². The molecule has 0 radical (unpaired) electrons. The number of nitrogens with one attached hydrogen (secondary N) is 1. The fourth-order valence-electron chi connectivity index (χ4n) is 3.81. The highest BCUT2D eigenvalue weighted by molar-refractivity contribution is 8.06. The van der Waals surface area contributed by atoms with Crippen molar-refractivity contribution in [3.05, 3.63) is 40.0 Å². The van der Waals surface area contributed by atoms with E-state index >= 15 is 0 Å². The molecule has 190 valence electrons. The maximum absolute atomic E-state index is 13.0. The van der Waals surface area contributed by atoms with Crippen molar-refractivity contribution in [1.29, 1.82) is 0 Å². The molecule has 2 aromatic heterocycles. The minimum absolute atomic E-state index is 0.0742. The van der Waals surface area contributed by atoms with Crippen molar-refractivity contribution in [2.24, 2.45) is 12.2 Å². The molecule has 4 rings (SSSR count). The summed E-state index contributed by atoms with van der Waals surface area (Å²) < 4.78 is 7.30. The largest absolute Gasteiger partial charge is 0.490 e. The second kappa shape index (κ2) is 10.8. The highest BCUT2D eigenvalue weighted by atomic mass is 32.2. The fourth-order valence-corrected chi connectivity index (χ4v) is 6.86. The molecule has 0 bridgehead atoms. The van der Waals surface area contributed by atoms with Gasteiger partial charge < -0.3 is 25.7 Å². The van der Waals surface area contributed by atoms with Gasteiger partial charge in [-0.15, -0.1) is 23.1 Å². The van der Waals surface area contributed by atoms with Crippen LogP contribution in [0.3, 0.4) is 0 Å². The summed E-state index contributed by atoms with van der Waals surface area (Å²) in [6.07, 6.45) is 1.87. The van der Waals surface area contributed by atoms with Gasteiger partial charge in [0, 0.05) is 27.9 Å². The molecule has 2 atom stereocenters. The number of fused-ring (bicyclic) bond motifs is 1. The molecule has 2 aliphatic heterocycles. The predicted octanol–water partition coefficient (Wildman–Crippen LogP) is 0.440. The third kappa shape index (κ3) is 4.85. The Bertz CT molecular complexity index is 1280. The van der Waals surface area contributed by atoms with E-state index in [0.717, 1.165) is 16.4 Å². The number of nitrogen functional groups attached to an aromatic ring is 1. The average molecular weight is 552 g/mol. The highest BCUT2D eigenvalue weighted by Gasteiger charge is 2.54. The Labute approximate surface area is 218 Å². The van der Waals surface area contributed by atoms with E-state index < -0.39 is 29.9 Å². The predicted molar refractivity (Wildman–Crippen MR) is 135 cm³/mol. The van der Waals surface area contributed by atoms with Gasteiger partial charge in [0.25, 0.3) is 16.8 Å². The highest BCUT2D eigenvalue weighted by Crippen LogP contribution is 2.41. The molecule has 0 unspecified atom stereocenters. The molecule has 1 saturated heterocycles. The lowest BCUT2D eigenvalue weighted by molar-refractivity contribution is -0.709. The van der Waals surface area contributed by atoms with E-state index in [1.54, 1.807) is 12.5 Å². The van der Waals surface area contributed by atoms with Crippen molar-refractivity contribution in [3.8, 4) is 5.75 Å². The summed E-state index contributed by atoms with van der Waals surface area (Å²) in [7, 11) is 4.72. The number of carboxylic acids is 1. The molecule has 1 fully saturated rings. The van der Waals surface area contributed by atoms with Gasteiger partial charge in [0.2, 0.25) is 0 Å². The Morgan fingerprint density at radius 1 is 1.44 bits per heavy atom. The summed E-state index contributed by atoms with van der Waals surface area (Å²) in [5, 5.41) is 18.9. The number of amides is 2. The van der Waals surface area contributed by atoms with Crippen molar-refractivity contribution in [1.82, 2.24) is 15.2 Å². The molecule has 2 aliphatic rings. The maximum atomic E-state index is 13.0. The molecular formula is C21H23N6O6S3+. The Morgan fingerprint density at radius 2 is 2.22 bits per heavy atom. The Balaban J connectivity index is 1.51. The van der Waals surface area contributed by atoms with Gasteiger partial charge in [-0.2, -0.15) is 4.57 Å². The molecule has 12 nitrogen and oxygen atoms in total. The molecule has 0 spiro atoms. The van der Waals surface area contributed by atoms with Crippen molar-refractivity contribution < 1.29 is 33.6 Å². The van der Waals surface area contributed by atoms with E-state index in [1.165, 1.54) is 35.5 Å². The second-order valence-electron chi connectivity index (χ2n) is 7.59. The number of aryl methyl sites for hydroxylation is 1. The first-order valence-electron chi connectivity index (χ1n) is 10.5. The van der Waals surface area contributed by atoms with Crippen molar-refractivity contribution >= 4 is 63.5 Å². The van der Waals surface area contributed by atoms with E-state index in [-0.39, 0.29) is 22.2 Å². The number of oxime groups is 1. The van der Waals surface area contributed by atoms with Crippen LogP contribution in [-0.4, -0.2) is 76.3 Å². The van der Waals surface area contributed by atoms with Crippen LogP contribution in [0.25, 0.3) is 0 Å². The number of pyridine rings is 1. The molecule has 36 heavy (non-hydrogen) atoms. The van der Waals surface area contributed by atoms with Crippen molar-refractivity contribution in [3.63, 3.8) is 0 Å². The Hall–Kier alpha value is -3.30. The summed E-state index contributed by atoms with van der Waals surface area (Å²) in [6.45, 7) is 0. The molecule has 0 aliphatic carbocycles. The van der Waals surface area contributed by atoms with Crippen LogP contribution in [0.15, 0.2) is 44.5 Å². The number of ether oxygens (including phenoxy) is 1. The normalized spacial score (nSPS) is 19.5. The molecule has 2 aromatic rings. The number of carbonyl (C=O) groups excluding carboxylic acids is 2. The molecule has 4 heterocycles. The van der Waals surface area contributed by atoms with Gasteiger partial charge in [-0.1, -0.05) is 5.16 Å². The number of hydrogen-bond acceptors (Lipinski definition) is 11. The monoisotopic (exact) mass is 551 g/mol. The second-order valence-corrected chi connectivity index (χ2v) is 10.6. The van der Waals surface area contributed by atoms with Crippen LogP contribution in [0.5, 0.6) is 5.75 Å². The van der Waals surface area contributed by atoms with Gasteiger partial charge in [-0.25, -0.2) is 9.78 Å². The number of thiazole rings is 1. The van der Waals surface area contributed by atoms with E-state index in [9.17, 15) is 19.5 Å². The summed E-state index contributed by atoms with van der Waals surface area (Å²) in [4.78, 5) is 48.7. The number of methoxy groups -OCH3 is 1. The first-order valence-corrected chi connectivity index (χ1v) is 13.3. The van der Waals surface area contributed by atoms with Gasteiger partial charge in [-0.05, 0) is 17.8 Å². The number of rotatable bonds is 9. The first kappa shape index (κ1) is 25.8. The van der Waals surface area contributed by atoms with Gasteiger partial charge in [0.1, 0.15) is 31.6 Å².